The van der Waals surface area contributed by atoms with Crippen molar-refractivity contribution in [3.05, 3.63) is 87.1 Å². The number of carbonyl (C=O) groups excluding carboxylic acids is 1. The molecule has 0 aliphatic rings. The number of hydrogen-bond donors (Lipinski definition) is 1. The van der Waals surface area contributed by atoms with Crippen molar-refractivity contribution >= 4 is 27.1 Å². The van der Waals surface area contributed by atoms with Gasteiger partial charge in [0.2, 0.25) is 0 Å². The van der Waals surface area contributed by atoms with E-state index in [0.717, 1.165) is 28.7 Å². The zero-order chi connectivity index (χ0) is 20.3. The normalized spacial score (nSPS) is 12.5. The Balaban J connectivity index is 1.96. The largest absolute Gasteiger partial charge is 0.340 e. The van der Waals surface area contributed by atoms with Crippen molar-refractivity contribution in [2.24, 2.45) is 0 Å². The van der Waals surface area contributed by atoms with Gasteiger partial charge in [0, 0.05) is 16.7 Å². The fourth-order valence-corrected chi connectivity index (χ4v) is 4.45. The van der Waals surface area contributed by atoms with E-state index in [0.29, 0.717) is 5.56 Å². The van der Waals surface area contributed by atoms with Gasteiger partial charge in [-0.2, -0.15) is 0 Å². The van der Waals surface area contributed by atoms with Crippen molar-refractivity contribution in [1.82, 2.24) is 5.32 Å². The minimum atomic E-state index is -3.39. The highest BCUT2D eigenvalue weighted by atomic mass is 32.2. The van der Waals surface area contributed by atoms with Crippen LogP contribution in [0, 0.1) is 6.92 Å². The van der Waals surface area contributed by atoms with Gasteiger partial charge in [-0.05, 0) is 53.6 Å². The highest BCUT2D eigenvalue weighted by Crippen LogP contribution is 2.27. The van der Waals surface area contributed by atoms with Crippen LogP contribution >= 0.6 is 11.3 Å². The quantitative estimate of drug-likeness (QED) is 0.645. The maximum absolute atomic E-state index is 13.0. The third-order valence-electron chi connectivity index (χ3n) is 4.71. The number of rotatable bonds is 6. The molecular formula is C22H23NO3S2. The number of benzene rings is 2. The van der Waals surface area contributed by atoms with E-state index in [1.807, 2.05) is 29.6 Å². The number of thiophene rings is 1. The van der Waals surface area contributed by atoms with Gasteiger partial charge in [0.1, 0.15) is 0 Å². The highest BCUT2D eigenvalue weighted by molar-refractivity contribution is 7.90. The van der Waals surface area contributed by atoms with E-state index >= 15 is 0 Å². The van der Waals surface area contributed by atoms with Crippen LogP contribution in [0.1, 0.15) is 44.9 Å². The molecule has 0 saturated heterocycles. The lowest BCUT2D eigenvalue weighted by Crippen LogP contribution is -2.29. The van der Waals surface area contributed by atoms with E-state index in [2.05, 4.69) is 24.4 Å². The molecule has 1 heterocycles. The molecule has 0 aliphatic carbocycles. The number of sulfone groups is 1. The Bertz CT molecular complexity index is 1070. The van der Waals surface area contributed by atoms with E-state index in [1.54, 1.807) is 24.3 Å². The third-order valence-corrected chi connectivity index (χ3v) is 6.75. The van der Waals surface area contributed by atoms with Crippen molar-refractivity contribution < 1.29 is 13.2 Å². The third kappa shape index (κ3) is 4.51. The molecule has 1 N–H and O–H groups in total. The number of amides is 1. The first-order valence-corrected chi connectivity index (χ1v) is 11.8. The molecule has 0 fully saturated rings. The molecule has 2 aromatic carbocycles. The Hall–Kier alpha value is -2.44. The van der Waals surface area contributed by atoms with Gasteiger partial charge in [-0.25, -0.2) is 8.42 Å². The molecule has 0 aliphatic heterocycles. The van der Waals surface area contributed by atoms with E-state index in [-0.39, 0.29) is 16.8 Å². The first-order valence-electron chi connectivity index (χ1n) is 9.03. The summed E-state index contributed by atoms with van der Waals surface area (Å²) in [6, 6.07) is 16.5. The average molecular weight is 414 g/mol. The maximum Gasteiger partial charge on any atom is 0.252 e. The van der Waals surface area contributed by atoms with Crippen LogP contribution in [0.2, 0.25) is 0 Å². The Morgan fingerprint density at radius 1 is 1.11 bits per heavy atom. The predicted octanol–water partition coefficient (Wildman–Crippen LogP) is 4.54. The zero-order valence-electron chi connectivity index (χ0n) is 16.1. The second-order valence-corrected chi connectivity index (χ2v) is 9.76. The Morgan fingerprint density at radius 2 is 1.82 bits per heavy atom. The summed E-state index contributed by atoms with van der Waals surface area (Å²) in [7, 11) is -3.39. The van der Waals surface area contributed by atoms with Crippen LogP contribution in [0.4, 0.5) is 0 Å². The first kappa shape index (κ1) is 20.3. The van der Waals surface area contributed by atoms with Crippen LogP contribution in [0.5, 0.6) is 0 Å². The number of nitrogens with one attached hydrogen (secondary N) is 1. The molecule has 0 radical (unpaired) electrons. The molecule has 1 atom stereocenters. The lowest BCUT2D eigenvalue weighted by Gasteiger charge is -2.19. The fourth-order valence-electron chi connectivity index (χ4n) is 3.01. The summed E-state index contributed by atoms with van der Waals surface area (Å²) in [5.41, 5.74) is 3.33. The van der Waals surface area contributed by atoms with Crippen molar-refractivity contribution in [3.8, 4) is 0 Å². The van der Waals surface area contributed by atoms with Gasteiger partial charge in [-0.15, -0.1) is 11.3 Å². The summed E-state index contributed by atoms with van der Waals surface area (Å²) >= 11 is 1.57. The van der Waals surface area contributed by atoms with Crippen LogP contribution in [0.15, 0.2) is 64.9 Å². The Kier molecular flexibility index (Phi) is 6.01. The smallest absolute Gasteiger partial charge is 0.252 e. The predicted molar refractivity (Wildman–Crippen MR) is 114 cm³/mol. The molecule has 1 aromatic heterocycles. The van der Waals surface area contributed by atoms with E-state index in [1.165, 1.54) is 17.7 Å². The van der Waals surface area contributed by atoms with E-state index < -0.39 is 9.84 Å². The number of aryl methyl sites for hydroxylation is 2. The summed E-state index contributed by atoms with van der Waals surface area (Å²) in [5, 5.41) is 5.06. The Morgan fingerprint density at radius 3 is 2.39 bits per heavy atom. The molecule has 0 spiro atoms. The van der Waals surface area contributed by atoms with Crippen LogP contribution in [0.3, 0.4) is 0 Å². The molecule has 1 amide bonds. The van der Waals surface area contributed by atoms with Crippen LogP contribution < -0.4 is 5.32 Å². The van der Waals surface area contributed by atoms with Crippen molar-refractivity contribution in [2.75, 3.05) is 6.26 Å². The summed E-state index contributed by atoms with van der Waals surface area (Å²) < 4.78 is 23.8. The van der Waals surface area contributed by atoms with E-state index in [4.69, 9.17) is 0 Å². The van der Waals surface area contributed by atoms with Crippen LogP contribution in [-0.4, -0.2) is 20.6 Å². The number of hydrogen-bond acceptors (Lipinski definition) is 4. The summed E-state index contributed by atoms with van der Waals surface area (Å²) in [6.45, 7) is 3.91. The standard InChI is InChI=1S/C22H23NO3S2/c1-4-16-8-10-17(11-9-16)21(20-6-5-13-27-20)23-22(24)19-14-18(28(3,25)26)12-7-15(19)2/h5-14,21H,4H2,1-3H3,(H,23,24)/t21-/m1/s1. The average Bonchev–Trinajstić information content (AvgIpc) is 3.20. The summed E-state index contributed by atoms with van der Waals surface area (Å²) in [5.74, 6) is -0.291. The SMILES string of the molecule is CCc1ccc([C@@H](NC(=O)c2cc(S(C)(=O)=O)ccc2C)c2cccs2)cc1. The van der Waals surface area contributed by atoms with Gasteiger partial charge >= 0.3 is 0 Å². The molecule has 0 saturated carbocycles. The highest BCUT2D eigenvalue weighted by Gasteiger charge is 2.21. The van der Waals surface area contributed by atoms with Crippen LogP contribution in [-0.2, 0) is 16.3 Å². The van der Waals surface area contributed by atoms with Crippen molar-refractivity contribution in [1.29, 1.82) is 0 Å². The van der Waals surface area contributed by atoms with Gasteiger partial charge in [0.05, 0.1) is 10.9 Å². The molecule has 0 unspecified atom stereocenters. The maximum atomic E-state index is 13.0. The van der Waals surface area contributed by atoms with E-state index in [9.17, 15) is 13.2 Å². The van der Waals surface area contributed by atoms with Crippen molar-refractivity contribution in [2.45, 2.75) is 31.2 Å². The van der Waals surface area contributed by atoms with Gasteiger partial charge in [-0.1, -0.05) is 43.3 Å². The lowest BCUT2D eigenvalue weighted by atomic mass is 10.0. The second-order valence-electron chi connectivity index (χ2n) is 6.77. The van der Waals surface area contributed by atoms with Gasteiger partial charge in [0.15, 0.2) is 9.84 Å². The fraction of sp³-hybridized carbons (Fsp3) is 0.227. The number of carbonyl (C=O) groups is 1. The second kappa shape index (κ2) is 8.29. The monoisotopic (exact) mass is 413 g/mol. The molecule has 28 heavy (non-hydrogen) atoms. The molecule has 3 aromatic rings. The summed E-state index contributed by atoms with van der Waals surface area (Å²) in [6.07, 6.45) is 2.09. The van der Waals surface area contributed by atoms with Crippen molar-refractivity contribution in [3.63, 3.8) is 0 Å². The zero-order valence-corrected chi connectivity index (χ0v) is 17.7. The van der Waals surface area contributed by atoms with Crippen LogP contribution in [0.25, 0.3) is 0 Å². The minimum absolute atomic E-state index is 0.142. The molecular weight excluding hydrogens is 390 g/mol. The topological polar surface area (TPSA) is 63.2 Å². The molecule has 0 bridgehead atoms. The van der Waals surface area contributed by atoms with Gasteiger partial charge < -0.3 is 5.32 Å². The molecule has 4 nitrogen and oxygen atoms in total. The van der Waals surface area contributed by atoms with Gasteiger partial charge in [0.25, 0.3) is 5.91 Å². The van der Waals surface area contributed by atoms with Gasteiger partial charge in [-0.3, -0.25) is 4.79 Å². The lowest BCUT2D eigenvalue weighted by molar-refractivity contribution is 0.0942. The molecule has 146 valence electrons. The molecule has 3 rings (SSSR count). The summed E-state index contributed by atoms with van der Waals surface area (Å²) in [4.78, 5) is 14.2. The minimum Gasteiger partial charge on any atom is -0.340 e. The first-order chi connectivity index (χ1) is 13.3. The Labute approximate surface area is 170 Å². The molecule has 6 heteroatoms.